The number of rotatable bonds is 5. The molecular formula is C11H22O2. The van der Waals surface area contributed by atoms with E-state index in [4.69, 9.17) is 4.74 Å². The number of aliphatic hydroxyl groups excluding tert-OH is 1. The Labute approximate surface area is 81.3 Å². The van der Waals surface area contributed by atoms with Crippen molar-refractivity contribution in [2.24, 2.45) is 5.41 Å². The van der Waals surface area contributed by atoms with Crippen molar-refractivity contribution in [3.05, 3.63) is 0 Å². The van der Waals surface area contributed by atoms with Crippen molar-refractivity contribution in [3.63, 3.8) is 0 Å². The van der Waals surface area contributed by atoms with Crippen LogP contribution in [-0.2, 0) is 4.74 Å². The summed E-state index contributed by atoms with van der Waals surface area (Å²) in [4.78, 5) is 0. The first-order valence-electron chi connectivity index (χ1n) is 5.33. The Balaban J connectivity index is 2.12. The van der Waals surface area contributed by atoms with Crippen molar-refractivity contribution in [2.45, 2.75) is 51.6 Å². The molecule has 0 spiro atoms. The molecule has 0 aliphatic heterocycles. The minimum Gasteiger partial charge on any atom is -0.393 e. The Morgan fingerprint density at radius 2 is 2.23 bits per heavy atom. The Hall–Kier alpha value is -0.0800. The van der Waals surface area contributed by atoms with Gasteiger partial charge in [-0.25, -0.2) is 0 Å². The molecule has 1 saturated carbocycles. The molecule has 2 unspecified atom stereocenters. The highest BCUT2D eigenvalue weighted by molar-refractivity contribution is 4.85. The summed E-state index contributed by atoms with van der Waals surface area (Å²) in [5.41, 5.74) is 0.410. The van der Waals surface area contributed by atoms with Crippen LogP contribution in [0.4, 0.5) is 0 Å². The van der Waals surface area contributed by atoms with Crippen molar-refractivity contribution < 1.29 is 9.84 Å². The SMILES string of the molecule is COCCCCC1(C)CCC(O)C1. The summed E-state index contributed by atoms with van der Waals surface area (Å²) in [6.45, 7) is 3.18. The first kappa shape index (κ1) is 11.0. The second-order valence-corrected chi connectivity index (χ2v) is 4.66. The number of methoxy groups -OCH3 is 1. The van der Waals surface area contributed by atoms with Crippen LogP contribution in [0.1, 0.15) is 45.4 Å². The third kappa shape index (κ3) is 3.65. The van der Waals surface area contributed by atoms with Gasteiger partial charge in [0.2, 0.25) is 0 Å². The zero-order valence-electron chi connectivity index (χ0n) is 8.88. The van der Waals surface area contributed by atoms with E-state index < -0.39 is 0 Å². The van der Waals surface area contributed by atoms with E-state index in [1.807, 2.05) is 0 Å². The Bertz CT molecular complexity index is 147. The molecule has 0 radical (unpaired) electrons. The minimum absolute atomic E-state index is 0.0348. The molecule has 13 heavy (non-hydrogen) atoms. The lowest BCUT2D eigenvalue weighted by Gasteiger charge is -2.23. The molecule has 0 heterocycles. The molecule has 1 fully saturated rings. The molecule has 2 nitrogen and oxygen atoms in total. The van der Waals surface area contributed by atoms with E-state index in [1.165, 1.54) is 19.3 Å². The highest BCUT2D eigenvalue weighted by Crippen LogP contribution is 2.41. The van der Waals surface area contributed by atoms with Gasteiger partial charge in [0.05, 0.1) is 6.10 Å². The van der Waals surface area contributed by atoms with Crippen LogP contribution in [0.15, 0.2) is 0 Å². The highest BCUT2D eigenvalue weighted by Gasteiger charge is 2.33. The van der Waals surface area contributed by atoms with Gasteiger partial charge in [-0.2, -0.15) is 0 Å². The van der Waals surface area contributed by atoms with Gasteiger partial charge in [0.1, 0.15) is 0 Å². The van der Waals surface area contributed by atoms with Gasteiger partial charge >= 0.3 is 0 Å². The zero-order chi connectivity index (χ0) is 9.73. The van der Waals surface area contributed by atoms with E-state index in [2.05, 4.69) is 6.92 Å². The van der Waals surface area contributed by atoms with Crippen molar-refractivity contribution in [1.82, 2.24) is 0 Å². The van der Waals surface area contributed by atoms with E-state index in [9.17, 15) is 5.11 Å². The fourth-order valence-electron chi connectivity index (χ4n) is 2.31. The molecule has 1 aliphatic carbocycles. The summed E-state index contributed by atoms with van der Waals surface area (Å²) in [6.07, 6.45) is 6.79. The van der Waals surface area contributed by atoms with E-state index >= 15 is 0 Å². The molecule has 0 amide bonds. The number of hydrogen-bond acceptors (Lipinski definition) is 2. The lowest BCUT2D eigenvalue weighted by molar-refractivity contribution is 0.155. The van der Waals surface area contributed by atoms with E-state index in [-0.39, 0.29) is 6.10 Å². The van der Waals surface area contributed by atoms with E-state index in [0.29, 0.717) is 5.41 Å². The van der Waals surface area contributed by atoms with Crippen LogP contribution < -0.4 is 0 Å². The first-order chi connectivity index (χ1) is 6.16. The van der Waals surface area contributed by atoms with Crippen molar-refractivity contribution >= 4 is 0 Å². The van der Waals surface area contributed by atoms with Gasteiger partial charge in [0, 0.05) is 13.7 Å². The molecule has 0 aromatic rings. The topological polar surface area (TPSA) is 29.5 Å². The number of ether oxygens (including phenoxy) is 1. The third-order valence-corrected chi connectivity index (χ3v) is 3.19. The summed E-state index contributed by atoms with van der Waals surface area (Å²) in [5.74, 6) is 0. The van der Waals surface area contributed by atoms with Gasteiger partial charge in [-0.3, -0.25) is 0 Å². The maximum absolute atomic E-state index is 9.44. The van der Waals surface area contributed by atoms with Gasteiger partial charge in [-0.1, -0.05) is 13.3 Å². The molecule has 1 aliphatic rings. The van der Waals surface area contributed by atoms with Crippen molar-refractivity contribution in [3.8, 4) is 0 Å². The Morgan fingerprint density at radius 3 is 2.77 bits per heavy atom. The van der Waals surface area contributed by atoms with Gasteiger partial charge in [-0.05, 0) is 37.5 Å². The summed E-state index contributed by atoms with van der Waals surface area (Å²) in [5, 5.41) is 9.44. The van der Waals surface area contributed by atoms with Gasteiger partial charge in [0.15, 0.2) is 0 Å². The Morgan fingerprint density at radius 1 is 1.46 bits per heavy atom. The smallest absolute Gasteiger partial charge is 0.0545 e. The van der Waals surface area contributed by atoms with Crippen LogP contribution in [-0.4, -0.2) is 24.9 Å². The molecule has 2 heteroatoms. The Kier molecular flexibility index (Phi) is 4.20. The quantitative estimate of drug-likeness (QED) is 0.668. The summed E-state index contributed by atoms with van der Waals surface area (Å²) < 4.78 is 5.01. The molecule has 1 rings (SSSR count). The van der Waals surface area contributed by atoms with Crippen LogP contribution in [0.3, 0.4) is 0 Å². The van der Waals surface area contributed by atoms with Crippen LogP contribution >= 0.6 is 0 Å². The van der Waals surface area contributed by atoms with Crippen molar-refractivity contribution in [2.75, 3.05) is 13.7 Å². The van der Waals surface area contributed by atoms with Crippen LogP contribution in [0.2, 0.25) is 0 Å². The van der Waals surface area contributed by atoms with Gasteiger partial charge in [-0.15, -0.1) is 0 Å². The largest absolute Gasteiger partial charge is 0.393 e. The van der Waals surface area contributed by atoms with Gasteiger partial charge in [0.25, 0.3) is 0 Å². The average Bonchev–Trinajstić information content (AvgIpc) is 2.41. The number of aliphatic hydroxyl groups is 1. The summed E-state index contributed by atoms with van der Waals surface area (Å²) in [7, 11) is 1.75. The summed E-state index contributed by atoms with van der Waals surface area (Å²) >= 11 is 0. The molecule has 0 saturated heterocycles. The normalized spacial score (nSPS) is 33.9. The van der Waals surface area contributed by atoms with E-state index in [1.54, 1.807) is 7.11 Å². The molecule has 0 aromatic carbocycles. The second kappa shape index (κ2) is 4.97. The second-order valence-electron chi connectivity index (χ2n) is 4.66. The maximum atomic E-state index is 9.44. The highest BCUT2D eigenvalue weighted by atomic mass is 16.5. The predicted molar refractivity (Wildman–Crippen MR) is 53.7 cm³/mol. The first-order valence-corrected chi connectivity index (χ1v) is 5.33. The van der Waals surface area contributed by atoms with Crippen LogP contribution in [0, 0.1) is 5.41 Å². The van der Waals surface area contributed by atoms with Crippen molar-refractivity contribution in [1.29, 1.82) is 0 Å². The number of hydrogen-bond donors (Lipinski definition) is 1. The molecule has 0 bridgehead atoms. The monoisotopic (exact) mass is 186 g/mol. The van der Waals surface area contributed by atoms with Gasteiger partial charge < -0.3 is 9.84 Å². The van der Waals surface area contributed by atoms with Crippen LogP contribution in [0.25, 0.3) is 0 Å². The number of unbranched alkanes of at least 4 members (excludes halogenated alkanes) is 1. The lowest BCUT2D eigenvalue weighted by atomic mass is 9.83. The molecule has 2 atom stereocenters. The standard InChI is InChI=1S/C11H22O2/c1-11(6-3-4-8-13-2)7-5-10(12)9-11/h10,12H,3-9H2,1-2H3. The summed E-state index contributed by atoms with van der Waals surface area (Å²) in [6, 6.07) is 0. The average molecular weight is 186 g/mol. The molecule has 1 N–H and O–H groups in total. The molecule has 0 aromatic heterocycles. The molecule has 78 valence electrons. The predicted octanol–water partition coefficient (Wildman–Crippen LogP) is 2.35. The maximum Gasteiger partial charge on any atom is 0.0545 e. The third-order valence-electron chi connectivity index (χ3n) is 3.19. The fraction of sp³-hybridized carbons (Fsp3) is 1.00. The molecular weight excluding hydrogens is 164 g/mol. The zero-order valence-corrected chi connectivity index (χ0v) is 8.88. The van der Waals surface area contributed by atoms with Crippen LogP contribution in [0.5, 0.6) is 0 Å². The lowest BCUT2D eigenvalue weighted by Crippen LogP contribution is -2.13. The van der Waals surface area contributed by atoms with E-state index in [0.717, 1.165) is 25.9 Å². The minimum atomic E-state index is -0.0348. The fourth-order valence-corrected chi connectivity index (χ4v) is 2.31.